The first-order chi connectivity index (χ1) is 5.36. The van der Waals surface area contributed by atoms with E-state index in [0.717, 1.165) is 11.0 Å². The van der Waals surface area contributed by atoms with Gasteiger partial charge in [-0.05, 0) is 4.80 Å². The Bertz CT molecular complexity index is 337. The van der Waals surface area contributed by atoms with E-state index in [1.165, 1.54) is 11.3 Å². The molecule has 1 N–H and O–H groups in total. The van der Waals surface area contributed by atoms with Gasteiger partial charge in [0.15, 0.2) is 0 Å². The number of nitrogens with zero attached hydrogens (tertiary/aromatic N) is 4. The second-order valence-corrected chi connectivity index (χ2v) is 2.89. The topological polar surface area (TPSA) is 58.3 Å². The number of aromatic amines is 1. The van der Waals surface area contributed by atoms with Gasteiger partial charge in [0, 0.05) is 17.4 Å². The van der Waals surface area contributed by atoms with Gasteiger partial charge in [-0.15, -0.1) is 0 Å². The zero-order valence-electron chi connectivity index (χ0n) is 5.85. The highest BCUT2D eigenvalue weighted by Gasteiger charge is 2.09. The molecule has 0 fully saturated rings. The maximum atomic E-state index is 4.05. The number of rotatable bonds is 1. The molecule has 0 amide bonds. The fraction of sp³-hybridized carbons (Fsp3) is 0.200. The number of tetrazole rings is 1. The van der Waals surface area contributed by atoms with E-state index in [1.54, 1.807) is 11.0 Å². The van der Waals surface area contributed by atoms with Crippen molar-refractivity contribution in [1.29, 1.82) is 0 Å². The van der Waals surface area contributed by atoms with E-state index in [9.17, 15) is 0 Å². The van der Waals surface area contributed by atoms with Gasteiger partial charge in [0.2, 0.25) is 5.82 Å². The number of hydrogen-bond acceptors (Lipinski definition) is 4. The van der Waals surface area contributed by atoms with Crippen LogP contribution in [0.25, 0.3) is 5.13 Å². The predicted octanol–water partition coefficient (Wildman–Crippen LogP) is -0.154. The smallest absolute Gasteiger partial charge is 0.193 e. The Hall–Kier alpha value is -1.30. The third-order valence-corrected chi connectivity index (χ3v) is 1.90. The lowest BCUT2D eigenvalue weighted by atomic mass is 10.8. The summed E-state index contributed by atoms with van der Waals surface area (Å²) in [6, 6.07) is 0. The van der Waals surface area contributed by atoms with Gasteiger partial charge in [-0.2, -0.15) is 5.10 Å². The van der Waals surface area contributed by atoms with Crippen LogP contribution in [0, 0.1) is 6.92 Å². The van der Waals surface area contributed by atoms with E-state index in [2.05, 4.69) is 20.4 Å². The average molecular weight is 168 g/mol. The first-order valence-corrected chi connectivity index (χ1v) is 3.96. The summed E-state index contributed by atoms with van der Waals surface area (Å²) < 4.78 is 0. The van der Waals surface area contributed by atoms with E-state index in [-0.39, 0.29) is 0 Å². The minimum absolute atomic E-state index is 0.778. The quantitative estimate of drug-likeness (QED) is 0.602. The van der Waals surface area contributed by atoms with Crippen molar-refractivity contribution >= 4 is 11.3 Å². The minimum atomic E-state index is 0.778. The lowest BCUT2D eigenvalue weighted by Crippen LogP contribution is -2.35. The fourth-order valence-electron chi connectivity index (χ4n) is 0.716. The van der Waals surface area contributed by atoms with E-state index < -0.39 is 0 Å². The van der Waals surface area contributed by atoms with Crippen molar-refractivity contribution in [2.75, 3.05) is 0 Å². The summed E-state index contributed by atoms with van der Waals surface area (Å²) in [4.78, 5) is 5.59. The summed E-state index contributed by atoms with van der Waals surface area (Å²) in [5, 5.41) is 13.2. The van der Waals surface area contributed by atoms with Crippen LogP contribution in [0.2, 0.25) is 0 Å². The number of H-pyrrole nitrogens is 1. The first-order valence-electron chi connectivity index (χ1n) is 3.08. The van der Waals surface area contributed by atoms with Crippen LogP contribution in [0.3, 0.4) is 0 Å². The third-order valence-electron chi connectivity index (χ3n) is 1.15. The average Bonchev–Trinajstić information content (AvgIpc) is 2.55. The van der Waals surface area contributed by atoms with Crippen LogP contribution in [0.15, 0.2) is 11.6 Å². The van der Waals surface area contributed by atoms with E-state index in [1.807, 2.05) is 12.3 Å². The molecule has 0 bridgehead atoms. The van der Waals surface area contributed by atoms with Crippen molar-refractivity contribution in [3.8, 4) is 5.13 Å². The molecular formula is C5H6N5S+. The lowest BCUT2D eigenvalue weighted by molar-refractivity contribution is -0.716. The van der Waals surface area contributed by atoms with Crippen molar-refractivity contribution in [1.82, 2.24) is 20.4 Å². The molecule has 0 saturated carbocycles. The zero-order valence-corrected chi connectivity index (χ0v) is 6.67. The molecule has 0 atom stereocenters. The Morgan fingerprint density at radius 3 is 3.09 bits per heavy atom. The van der Waals surface area contributed by atoms with Crippen molar-refractivity contribution in [2.45, 2.75) is 6.92 Å². The molecule has 0 unspecified atom stereocenters. The van der Waals surface area contributed by atoms with Crippen molar-refractivity contribution in [3.63, 3.8) is 0 Å². The molecule has 0 aromatic carbocycles. The van der Waals surface area contributed by atoms with Gasteiger partial charge in [0.05, 0.1) is 5.21 Å². The molecule has 0 radical (unpaired) electrons. The fourth-order valence-corrected chi connectivity index (χ4v) is 1.26. The Kier molecular flexibility index (Phi) is 1.39. The number of aryl methyl sites for hydroxylation is 1. The van der Waals surface area contributed by atoms with E-state index >= 15 is 0 Å². The van der Waals surface area contributed by atoms with Gasteiger partial charge in [0.1, 0.15) is 6.20 Å². The van der Waals surface area contributed by atoms with Gasteiger partial charge in [-0.3, -0.25) is 0 Å². The normalized spacial score (nSPS) is 10.3. The Balaban J connectivity index is 2.45. The summed E-state index contributed by atoms with van der Waals surface area (Å²) in [5.41, 5.74) is 0. The molecule has 0 aliphatic heterocycles. The van der Waals surface area contributed by atoms with E-state index in [0.29, 0.717) is 0 Å². The lowest BCUT2D eigenvalue weighted by Gasteiger charge is -1.78. The van der Waals surface area contributed by atoms with Crippen molar-refractivity contribution in [2.24, 2.45) is 0 Å². The molecule has 2 rings (SSSR count). The van der Waals surface area contributed by atoms with Gasteiger partial charge in [-0.25, -0.2) is 0 Å². The van der Waals surface area contributed by atoms with Crippen LogP contribution in [-0.2, 0) is 0 Å². The zero-order chi connectivity index (χ0) is 7.68. The molecular weight excluding hydrogens is 162 g/mol. The van der Waals surface area contributed by atoms with Crippen LogP contribution in [0.1, 0.15) is 5.82 Å². The van der Waals surface area contributed by atoms with Crippen LogP contribution in [0.5, 0.6) is 0 Å². The highest BCUT2D eigenvalue weighted by molar-refractivity contribution is 7.11. The summed E-state index contributed by atoms with van der Waals surface area (Å²) in [6.07, 6.45) is 1.73. The SMILES string of the molecule is Cc1nn[n+](-c2nccs2)[nH]1. The van der Waals surface area contributed by atoms with Crippen LogP contribution in [-0.4, -0.2) is 20.4 Å². The maximum Gasteiger partial charge on any atom is 0.363 e. The Morgan fingerprint density at radius 1 is 1.64 bits per heavy atom. The van der Waals surface area contributed by atoms with Crippen molar-refractivity contribution in [3.05, 3.63) is 17.4 Å². The number of hydrogen-bond donors (Lipinski definition) is 1. The summed E-state index contributed by atoms with van der Waals surface area (Å²) in [7, 11) is 0. The molecule has 2 heterocycles. The molecule has 2 aromatic heterocycles. The Labute approximate surface area is 66.7 Å². The molecule has 6 heteroatoms. The van der Waals surface area contributed by atoms with Gasteiger partial charge < -0.3 is 0 Å². The van der Waals surface area contributed by atoms with Crippen LogP contribution < -0.4 is 4.80 Å². The molecule has 0 aliphatic rings. The molecule has 5 nitrogen and oxygen atoms in total. The second kappa shape index (κ2) is 2.39. The first kappa shape index (κ1) is 6.41. The standard InChI is InChI=1S/C5H5N5S/c1-4-7-9-10(8-4)5-6-2-3-11-5/h2-3H,1H3/p+1. The second-order valence-electron chi connectivity index (χ2n) is 2.01. The molecule has 0 saturated heterocycles. The van der Waals surface area contributed by atoms with E-state index in [4.69, 9.17) is 0 Å². The Morgan fingerprint density at radius 2 is 2.55 bits per heavy atom. The van der Waals surface area contributed by atoms with Crippen molar-refractivity contribution < 1.29 is 4.80 Å². The highest BCUT2D eigenvalue weighted by Crippen LogP contribution is 2.00. The number of nitrogens with one attached hydrogen (secondary N) is 1. The van der Waals surface area contributed by atoms with Gasteiger partial charge in [-0.1, -0.05) is 16.3 Å². The third kappa shape index (κ3) is 1.12. The molecule has 11 heavy (non-hydrogen) atoms. The molecule has 0 aliphatic carbocycles. The van der Waals surface area contributed by atoms with Crippen LogP contribution >= 0.6 is 11.3 Å². The number of aromatic nitrogens is 5. The van der Waals surface area contributed by atoms with Gasteiger partial charge >= 0.3 is 5.13 Å². The highest BCUT2D eigenvalue weighted by atomic mass is 32.1. The summed E-state index contributed by atoms with van der Waals surface area (Å²) >= 11 is 1.51. The summed E-state index contributed by atoms with van der Waals surface area (Å²) in [5.74, 6) is 0.778. The van der Waals surface area contributed by atoms with Gasteiger partial charge in [0.25, 0.3) is 0 Å². The largest absolute Gasteiger partial charge is 0.363 e. The molecule has 0 spiro atoms. The van der Waals surface area contributed by atoms with Crippen LogP contribution in [0.4, 0.5) is 0 Å². The monoisotopic (exact) mass is 168 g/mol. The predicted molar refractivity (Wildman–Crippen MR) is 38.3 cm³/mol. The maximum absolute atomic E-state index is 4.05. The molecule has 2 aromatic rings. The minimum Gasteiger partial charge on any atom is -0.193 e. The summed E-state index contributed by atoms with van der Waals surface area (Å²) in [6.45, 7) is 1.84. The molecule has 56 valence electrons. The number of thiazole rings is 1.